The third-order valence-electron chi connectivity index (χ3n) is 5.19. The number of alkyl halides is 2. The molecule has 0 aliphatic carbocycles. The molecule has 1 aromatic heterocycles. The number of carbonyl (C=O) groups is 1. The van der Waals surface area contributed by atoms with Crippen molar-refractivity contribution in [1.82, 2.24) is 9.97 Å². The van der Waals surface area contributed by atoms with Crippen molar-refractivity contribution >= 4 is 11.8 Å². The summed E-state index contributed by atoms with van der Waals surface area (Å²) in [4.78, 5) is 20.8. The molecule has 1 atom stereocenters. The van der Waals surface area contributed by atoms with Crippen LogP contribution < -0.4 is 10.1 Å². The molecule has 4 rings (SSSR count). The maximum Gasteiger partial charge on any atom is 0.311 e. The number of nitrogens with zero attached hydrogens (tertiary/aromatic N) is 2. The lowest BCUT2D eigenvalue weighted by Gasteiger charge is -2.23. The van der Waals surface area contributed by atoms with Crippen molar-refractivity contribution in [3.05, 3.63) is 46.4 Å². The van der Waals surface area contributed by atoms with Gasteiger partial charge in [0.25, 0.3) is 0 Å². The second-order valence-corrected chi connectivity index (χ2v) is 7.39. The van der Waals surface area contributed by atoms with Crippen molar-refractivity contribution in [3.63, 3.8) is 0 Å². The van der Waals surface area contributed by atoms with E-state index in [0.29, 0.717) is 41.7 Å². The molecule has 166 valence electrons. The predicted octanol–water partition coefficient (Wildman–Crippen LogP) is 3.20. The highest BCUT2D eigenvalue weighted by Gasteiger charge is 2.43. The van der Waals surface area contributed by atoms with Crippen LogP contribution in [0.2, 0.25) is 0 Å². The SMILES string of the molecule is COC(=O)Cc1nc(C)nc(N[C@H](C)c2cccc3c2OCC3(F)F)c1C1OCCO1. The lowest BCUT2D eigenvalue weighted by molar-refractivity contribution is -0.139. The molecular weight excluding hydrogens is 412 g/mol. The number of aryl methyl sites for hydroxylation is 1. The Balaban J connectivity index is 1.71. The van der Waals surface area contributed by atoms with Gasteiger partial charge in [-0.1, -0.05) is 12.1 Å². The maximum absolute atomic E-state index is 14.1. The molecule has 8 nitrogen and oxygen atoms in total. The number of methoxy groups -OCH3 is 1. The number of aromatic nitrogens is 2. The Hall–Kier alpha value is -2.85. The molecule has 0 bridgehead atoms. The fourth-order valence-electron chi connectivity index (χ4n) is 3.73. The Labute approximate surface area is 177 Å². The first-order chi connectivity index (χ1) is 14.8. The highest BCUT2D eigenvalue weighted by molar-refractivity contribution is 5.73. The normalized spacial score (nSPS) is 18.4. The van der Waals surface area contributed by atoms with Crippen LogP contribution in [0.3, 0.4) is 0 Å². The van der Waals surface area contributed by atoms with Gasteiger partial charge in [-0.05, 0) is 19.9 Å². The van der Waals surface area contributed by atoms with E-state index in [1.807, 2.05) is 6.92 Å². The quantitative estimate of drug-likeness (QED) is 0.692. The topological polar surface area (TPSA) is 91.8 Å². The van der Waals surface area contributed by atoms with Gasteiger partial charge in [-0.15, -0.1) is 0 Å². The van der Waals surface area contributed by atoms with E-state index in [0.717, 1.165) is 0 Å². The Bertz CT molecular complexity index is 995. The second-order valence-electron chi connectivity index (χ2n) is 7.39. The summed E-state index contributed by atoms with van der Waals surface area (Å²) in [7, 11) is 1.30. The number of esters is 1. The largest absolute Gasteiger partial charge is 0.486 e. The van der Waals surface area contributed by atoms with Crippen LogP contribution in [-0.4, -0.2) is 42.9 Å². The van der Waals surface area contributed by atoms with Gasteiger partial charge in [0.05, 0.1) is 49.6 Å². The number of anilines is 1. The van der Waals surface area contributed by atoms with Gasteiger partial charge in [0.15, 0.2) is 12.9 Å². The van der Waals surface area contributed by atoms with Crippen molar-refractivity contribution < 1.29 is 32.5 Å². The molecule has 2 aromatic rings. The number of para-hydroxylation sites is 1. The standard InChI is InChI=1S/C21H23F2N3O5/c1-11(13-5-4-6-14-18(13)31-10-21(14,22)23)24-19-17(20-29-7-8-30-20)15(9-16(27)28-3)25-12(2)26-19/h4-6,11,20H,7-10H2,1-3H3,(H,24,25,26)/t11-/m1/s1. The van der Waals surface area contributed by atoms with E-state index >= 15 is 0 Å². The molecule has 1 saturated heterocycles. The fourth-order valence-corrected chi connectivity index (χ4v) is 3.73. The maximum atomic E-state index is 14.1. The van der Waals surface area contributed by atoms with Gasteiger partial charge in [0.2, 0.25) is 0 Å². The average molecular weight is 435 g/mol. The molecule has 2 aliphatic heterocycles. The molecule has 0 saturated carbocycles. The van der Waals surface area contributed by atoms with Crippen molar-refractivity contribution in [1.29, 1.82) is 0 Å². The summed E-state index contributed by atoms with van der Waals surface area (Å²) in [5.41, 5.74) is 1.34. The van der Waals surface area contributed by atoms with Gasteiger partial charge in [-0.2, -0.15) is 8.78 Å². The van der Waals surface area contributed by atoms with Crippen LogP contribution in [0.5, 0.6) is 5.75 Å². The predicted molar refractivity (Wildman–Crippen MR) is 105 cm³/mol. The van der Waals surface area contributed by atoms with Crippen LogP contribution in [0.25, 0.3) is 0 Å². The summed E-state index contributed by atoms with van der Waals surface area (Å²) in [5, 5.41) is 3.25. The first-order valence-corrected chi connectivity index (χ1v) is 9.88. The molecule has 0 radical (unpaired) electrons. The third-order valence-corrected chi connectivity index (χ3v) is 5.19. The van der Waals surface area contributed by atoms with Gasteiger partial charge in [0, 0.05) is 5.56 Å². The molecule has 1 N–H and O–H groups in total. The van der Waals surface area contributed by atoms with Crippen molar-refractivity contribution in [2.24, 2.45) is 0 Å². The highest BCUT2D eigenvalue weighted by atomic mass is 19.3. The zero-order valence-corrected chi connectivity index (χ0v) is 17.4. The monoisotopic (exact) mass is 435 g/mol. The summed E-state index contributed by atoms with van der Waals surface area (Å²) in [6.07, 6.45) is -0.839. The van der Waals surface area contributed by atoms with Crippen molar-refractivity contribution in [2.75, 3.05) is 32.2 Å². The van der Waals surface area contributed by atoms with Gasteiger partial charge in [-0.25, -0.2) is 9.97 Å². The van der Waals surface area contributed by atoms with Crippen LogP contribution in [0.15, 0.2) is 18.2 Å². The Morgan fingerprint density at radius 3 is 2.77 bits per heavy atom. The van der Waals surface area contributed by atoms with Crippen molar-refractivity contribution in [3.8, 4) is 5.75 Å². The van der Waals surface area contributed by atoms with Crippen molar-refractivity contribution in [2.45, 2.75) is 38.5 Å². The van der Waals surface area contributed by atoms with E-state index < -0.39 is 30.8 Å². The third kappa shape index (κ3) is 4.17. The number of hydrogen-bond donors (Lipinski definition) is 1. The summed E-state index contributed by atoms with van der Waals surface area (Å²) >= 11 is 0. The van der Waals surface area contributed by atoms with Crippen LogP contribution in [0.1, 0.15) is 47.5 Å². The second kappa shape index (κ2) is 8.35. The van der Waals surface area contributed by atoms with Gasteiger partial charge in [0.1, 0.15) is 17.4 Å². The number of ether oxygens (including phenoxy) is 4. The number of hydrogen-bond acceptors (Lipinski definition) is 8. The average Bonchev–Trinajstić information content (AvgIpc) is 3.35. The molecule has 3 heterocycles. The molecule has 0 amide bonds. The van der Waals surface area contributed by atoms with E-state index in [1.54, 1.807) is 19.1 Å². The van der Waals surface area contributed by atoms with Gasteiger partial charge in [-0.3, -0.25) is 4.79 Å². The van der Waals surface area contributed by atoms with Gasteiger partial charge < -0.3 is 24.3 Å². The summed E-state index contributed by atoms with van der Waals surface area (Å²) in [5.74, 6) is -2.50. The minimum atomic E-state index is -3.03. The number of nitrogens with one attached hydrogen (secondary N) is 1. The van der Waals surface area contributed by atoms with Crippen LogP contribution in [-0.2, 0) is 31.3 Å². The minimum Gasteiger partial charge on any atom is -0.486 e. The lowest BCUT2D eigenvalue weighted by atomic mass is 10.0. The molecule has 1 aromatic carbocycles. The summed E-state index contributed by atoms with van der Waals surface area (Å²) < 4.78 is 49.6. The van der Waals surface area contributed by atoms with Crippen LogP contribution >= 0.6 is 0 Å². The number of rotatable bonds is 6. The van der Waals surface area contributed by atoms with E-state index in [-0.39, 0.29) is 17.7 Å². The Morgan fingerprint density at radius 2 is 2.06 bits per heavy atom. The summed E-state index contributed by atoms with van der Waals surface area (Å²) in [6, 6.07) is 4.23. The Morgan fingerprint density at radius 1 is 1.32 bits per heavy atom. The minimum absolute atomic E-state index is 0.0858. The summed E-state index contributed by atoms with van der Waals surface area (Å²) in [6.45, 7) is 3.60. The van der Waals surface area contributed by atoms with E-state index in [9.17, 15) is 13.6 Å². The van der Waals surface area contributed by atoms with Crippen LogP contribution in [0.4, 0.5) is 14.6 Å². The van der Waals surface area contributed by atoms with E-state index in [1.165, 1.54) is 13.2 Å². The molecule has 2 aliphatic rings. The number of halogens is 2. The number of fused-ring (bicyclic) bond motifs is 1. The van der Waals surface area contributed by atoms with E-state index in [4.69, 9.17) is 18.9 Å². The molecule has 0 spiro atoms. The highest BCUT2D eigenvalue weighted by Crippen LogP contribution is 2.45. The molecule has 0 unspecified atom stereocenters. The fraction of sp³-hybridized carbons (Fsp3) is 0.476. The smallest absolute Gasteiger partial charge is 0.311 e. The molecule has 10 heteroatoms. The molecule has 1 fully saturated rings. The number of benzene rings is 1. The van der Waals surface area contributed by atoms with Crippen LogP contribution in [0, 0.1) is 6.92 Å². The molecule has 31 heavy (non-hydrogen) atoms. The Kier molecular flexibility index (Phi) is 5.76. The zero-order chi connectivity index (χ0) is 22.2. The molecular formula is C21H23F2N3O5. The zero-order valence-electron chi connectivity index (χ0n) is 17.4. The first-order valence-electron chi connectivity index (χ1n) is 9.88. The van der Waals surface area contributed by atoms with E-state index in [2.05, 4.69) is 15.3 Å². The lowest BCUT2D eigenvalue weighted by Crippen LogP contribution is -2.19. The number of carbonyl (C=O) groups excluding carboxylic acids is 1. The van der Waals surface area contributed by atoms with Gasteiger partial charge >= 0.3 is 11.9 Å². The first kappa shape index (κ1) is 21.4.